The molecule has 3 aromatic rings. The number of fused-ring (bicyclic) bond motifs is 1. The Bertz CT molecular complexity index is 1080. The third-order valence-electron chi connectivity index (χ3n) is 4.64. The number of anilines is 1. The van der Waals surface area contributed by atoms with Gasteiger partial charge >= 0.3 is 6.18 Å². The van der Waals surface area contributed by atoms with E-state index in [1.165, 1.54) is 47.4 Å². The quantitative estimate of drug-likeness (QED) is 0.593. The van der Waals surface area contributed by atoms with Crippen molar-refractivity contribution in [2.45, 2.75) is 25.7 Å². The van der Waals surface area contributed by atoms with Crippen molar-refractivity contribution in [1.82, 2.24) is 14.8 Å². The van der Waals surface area contributed by atoms with Crippen LogP contribution in [0.1, 0.15) is 34.8 Å². The molecule has 3 heterocycles. The molecular weight excluding hydrogens is 404 g/mol. The Morgan fingerprint density at radius 2 is 1.90 bits per heavy atom. The summed E-state index contributed by atoms with van der Waals surface area (Å²) in [6, 6.07) is 10.3. The number of amides is 1. The predicted molar refractivity (Wildman–Crippen MR) is 98.6 cm³/mol. The zero-order chi connectivity index (χ0) is 21.5. The summed E-state index contributed by atoms with van der Waals surface area (Å²) in [4.78, 5) is 17.9. The second-order valence-corrected chi connectivity index (χ2v) is 6.85. The van der Waals surface area contributed by atoms with E-state index in [1.54, 1.807) is 4.68 Å². The minimum Gasteiger partial charge on any atom is -0.471 e. The fourth-order valence-electron chi connectivity index (χ4n) is 3.22. The number of nitrogens with zero attached hydrogens (tertiary/aromatic N) is 4. The number of hydrogen-bond acceptors (Lipinski definition) is 4. The van der Waals surface area contributed by atoms with Crippen LogP contribution in [0.2, 0.25) is 0 Å². The van der Waals surface area contributed by atoms with Crippen molar-refractivity contribution in [2.75, 3.05) is 11.4 Å². The lowest BCUT2D eigenvalue weighted by Crippen LogP contribution is -2.42. The number of rotatable bonds is 4. The molecule has 4 rings (SSSR count). The summed E-state index contributed by atoms with van der Waals surface area (Å²) >= 11 is 0. The van der Waals surface area contributed by atoms with Gasteiger partial charge in [0.15, 0.2) is 0 Å². The molecular formula is C20H16F4N4O2. The van der Waals surface area contributed by atoms with Crippen LogP contribution in [0.15, 0.2) is 48.5 Å². The Hall–Kier alpha value is -3.43. The van der Waals surface area contributed by atoms with Gasteiger partial charge in [0.1, 0.15) is 29.5 Å². The SMILES string of the molecule is C[C@@H]1CN(c2ccc(F)cc2)C(=O)c2cc(COc3cccc(C(F)(F)F)n3)nn21. The fraction of sp³-hybridized carbons (Fsp3) is 0.250. The van der Waals surface area contributed by atoms with Gasteiger partial charge in [0, 0.05) is 18.3 Å². The molecule has 0 bridgehead atoms. The highest BCUT2D eigenvalue weighted by Crippen LogP contribution is 2.29. The number of aromatic nitrogens is 3. The van der Waals surface area contributed by atoms with Gasteiger partial charge in [-0.25, -0.2) is 9.37 Å². The minimum absolute atomic E-state index is 0.148. The third-order valence-corrected chi connectivity index (χ3v) is 4.64. The van der Waals surface area contributed by atoms with Gasteiger partial charge in [0.2, 0.25) is 5.88 Å². The highest BCUT2D eigenvalue weighted by molar-refractivity contribution is 6.05. The summed E-state index contributed by atoms with van der Waals surface area (Å²) in [6.07, 6.45) is -4.57. The number of carbonyl (C=O) groups is 1. The number of ether oxygens (including phenoxy) is 1. The first kappa shape index (κ1) is 19.9. The van der Waals surface area contributed by atoms with Crippen LogP contribution in [0, 0.1) is 5.82 Å². The molecule has 30 heavy (non-hydrogen) atoms. The zero-order valence-electron chi connectivity index (χ0n) is 15.7. The zero-order valence-corrected chi connectivity index (χ0v) is 15.7. The van der Waals surface area contributed by atoms with E-state index in [0.717, 1.165) is 6.07 Å². The van der Waals surface area contributed by atoms with Gasteiger partial charge in [-0.3, -0.25) is 9.48 Å². The van der Waals surface area contributed by atoms with Crippen molar-refractivity contribution in [1.29, 1.82) is 0 Å². The van der Waals surface area contributed by atoms with Gasteiger partial charge in [0.05, 0.1) is 6.04 Å². The average Bonchev–Trinajstić information content (AvgIpc) is 3.15. The van der Waals surface area contributed by atoms with Crippen molar-refractivity contribution < 1.29 is 27.1 Å². The monoisotopic (exact) mass is 420 g/mol. The van der Waals surface area contributed by atoms with E-state index in [9.17, 15) is 22.4 Å². The molecule has 0 saturated carbocycles. The highest BCUT2D eigenvalue weighted by atomic mass is 19.4. The van der Waals surface area contributed by atoms with E-state index >= 15 is 0 Å². The molecule has 1 aliphatic heterocycles. The number of halogens is 4. The average molecular weight is 420 g/mol. The molecule has 156 valence electrons. The Morgan fingerprint density at radius 3 is 2.60 bits per heavy atom. The van der Waals surface area contributed by atoms with Crippen LogP contribution in [0.25, 0.3) is 0 Å². The topological polar surface area (TPSA) is 60.3 Å². The maximum absolute atomic E-state index is 13.2. The first-order chi connectivity index (χ1) is 14.2. The Labute approximate surface area is 168 Å². The largest absolute Gasteiger partial charge is 0.471 e. The summed E-state index contributed by atoms with van der Waals surface area (Å²) in [5.41, 5.74) is 0.202. The van der Waals surface area contributed by atoms with Crippen molar-refractivity contribution in [3.05, 3.63) is 71.4 Å². The second-order valence-electron chi connectivity index (χ2n) is 6.85. The molecule has 1 atom stereocenters. The van der Waals surface area contributed by atoms with Crippen LogP contribution < -0.4 is 9.64 Å². The maximum Gasteiger partial charge on any atom is 0.433 e. The lowest BCUT2D eigenvalue weighted by molar-refractivity contribution is -0.141. The van der Waals surface area contributed by atoms with Gasteiger partial charge in [-0.2, -0.15) is 18.3 Å². The Kier molecular flexibility index (Phi) is 4.92. The van der Waals surface area contributed by atoms with E-state index in [-0.39, 0.29) is 24.4 Å². The van der Waals surface area contributed by atoms with E-state index in [2.05, 4.69) is 10.1 Å². The lowest BCUT2D eigenvalue weighted by atomic mass is 10.1. The Balaban J connectivity index is 1.53. The molecule has 6 nitrogen and oxygen atoms in total. The van der Waals surface area contributed by atoms with Crippen molar-refractivity contribution in [3.63, 3.8) is 0 Å². The molecule has 0 aliphatic carbocycles. The normalized spacial score (nSPS) is 16.5. The minimum atomic E-state index is -4.57. The Morgan fingerprint density at radius 1 is 1.17 bits per heavy atom. The first-order valence-corrected chi connectivity index (χ1v) is 9.05. The van der Waals surface area contributed by atoms with E-state index in [1.807, 2.05) is 6.92 Å². The summed E-state index contributed by atoms with van der Waals surface area (Å²) in [5.74, 6) is -0.900. The third kappa shape index (κ3) is 3.85. The van der Waals surface area contributed by atoms with Crippen molar-refractivity contribution >= 4 is 11.6 Å². The molecule has 10 heteroatoms. The predicted octanol–water partition coefficient (Wildman–Crippen LogP) is 4.24. The summed E-state index contributed by atoms with van der Waals surface area (Å²) in [5, 5.41) is 4.34. The first-order valence-electron chi connectivity index (χ1n) is 9.05. The van der Waals surface area contributed by atoms with Gasteiger partial charge in [0.25, 0.3) is 5.91 Å². The summed E-state index contributed by atoms with van der Waals surface area (Å²) < 4.78 is 58.4. The van der Waals surface area contributed by atoms with Crippen molar-refractivity contribution in [3.8, 4) is 5.88 Å². The molecule has 0 radical (unpaired) electrons. The van der Waals surface area contributed by atoms with Crippen LogP contribution >= 0.6 is 0 Å². The van der Waals surface area contributed by atoms with Gasteiger partial charge in [-0.15, -0.1) is 0 Å². The number of alkyl halides is 3. The molecule has 2 aromatic heterocycles. The number of hydrogen-bond donors (Lipinski definition) is 0. The summed E-state index contributed by atoms with van der Waals surface area (Å²) in [6.45, 7) is 2.07. The lowest BCUT2D eigenvalue weighted by Gasteiger charge is -2.31. The molecule has 0 spiro atoms. The smallest absolute Gasteiger partial charge is 0.433 e. The highest BCUT2D eigenvalue weighted by Gasteiger charge is 2.33. The maximum atomic E-state index is 13.2. The van der Waals surface area contributed by atoms with Crippen LogP contribution in [0.4, 0.5) is 23.2 Å². The van der Waals surface area contributed by atoms with Crippen LogP contribution in [-0.2, 0) is 12.8 Å². The molecule has 0 unspecified atom stereocenters. The van der Waals surface area contributed by atoms with Gasteiger partial charge < -0.3 is 9.64 Å². The van der Waals surface area contributed by atoms with Crippen LogP contribution in [-0.4, -0.2) is 27.2 Å². The molecule has 1 aliphatic rings. The molecule has 1 amide bonds. The van der Waals surface area contributed by atoms with E-state index < -0.39 is 17.7 Å². The van der Waals surface area contributed by atoms with Gasteiger partial charge in [-0.05, 0) is 43.3 Å². The molecule has 0 N–H and O–H groups in total. The second kappa shape index (κ2) is 7.43. The molecule has 0 fully saturated rings. The summed E-state index contributed by atoms with van der Waals surface area (Å²) in [7, 11) is 0. The number of benzene rings is 1. The molecule has 0 saturated heterocycles. The van der Waals surface area contributed by atoms with Crippen molar-refractivity contribution in [2.24, 2.45) is 0 Å². The molecule has 1 aromatic carbocycles. The van der Waals surface area contributed by atoms with E-state index in [4.69, 9.17) is 4.74 Å². The van der Waals surface area contributed by atoms with E-state index in [0.29, 0.717) is 23.6 Å². The van der Waals surface area contributed by atoms with Crippen LogP contribution in [0.5, 0.6) is 5.88 Å². The number of carbonyl (C=O) groups excluding carboxylic acids is 1. The number of pyridine rings is 1. The fourth-order valence-corrected chi connectivity index (χ4v) is 3.22. The van der Waals surface area contributed by atoms with Crippen LogP contribution in [0.3, 0.4) is 0 Å². The standard InChI is InChI=1S/C20H16F4N4O2/c1-12-10-27(15-7-5-13(21)6-8-15)19(29)16-9-14(26-28(12)16)11-30-18-4-2-3-17(25-18)20(22,23)24/h2-9,12H,10-11H2,1H3/t12-/m1/s1. The van der Waals surface area contributed by atoms with Gasteiger partial charge in [-0.1, -0.05) is 6.07 Å².